The van der Waals surface area contributed by atoms with Crippen molar-refractivity contribution in [3.8, 4) is 0 Å². The van der Waals surface area contributed by atoms with Crippen LogP contribution >= 0.6 is 0 Å². The molecule has 0 aliphatic heterocycles. The van der Waals surface area contributed by atoms with Crippen LogP contribution in [0.25, 0.3) is 0 Å². The molecule has 5 nitrogen and oxygen atoms in total. The van der Waals surface area contributed by atoms with Gasteiger partial charge in [-0.1, -0.05) is 27.2 Å². The summed E-state index contributed by atoms with van der Waals surface area (Å²) in [6.45, 7) is 7.46. The van der Waals surface area contributed by atoms with Crippen LogP contribution in [0.4, 0.5) is 0 Å². The molecule has 0 aromatic rings. The molecule has 0 bridgehead atoms. The van der Waals surface area contributed by atoms with Crippen LogP contribution in [-0.2, 0) is 9.59 Å². The quantitative estimate of drug-likeness (QED) is 0.534. The summed E-state index contributed by atoms with van der Waals surface area (Å²) in [7, 11) is 0. The van der Waals surface area contributed by atoms with Crippen molar-refractivity contribution in [3.05, 3.63) is 0 Å². The molecule has 0 aliphatic rings. The molecule has 0 fully saturated rings. The lowest BCUT2D eigenvalue weighted by Gasteiger charge is -2.24. The zero-order valence-corrected chi connectivity index (χ0v) is 11.8. The molecule has 0 radical (unpaired) electrons. The molecule has 0 spiro atoms. The summed E-state index contributed by atoms with van der Waals surface area (Å²) in [4.78, 5) is 22.6. The minimum atomic E-state index is -0.157. The van der Waals surface area contributed by atoms with Gasteiger partial charge in [0.15, 0.2) is 0 Å². The zero-order valence-electron chi connectivity index (χ0n) is 11.8. The number of rotatable bonds is 9. The van der Waals surface area contributed by atoms with Crippen LogP contribution in [0.5, 0.6) is 0 Å². The van der Waals surface area contributed by atoms with Crippen molar-refractivity contribution in [2.75, 3.05) is 19.6 Å². The fraction of sp³-hybridized carbons (Fsp3) is 0.846. The first-order valence-electron chi connectivity index (χ1n) is 6.64. The fourth-order valence-corrected chi connectivity index (χ4v) is 1.44. The smallest absolute Gasteiger partial charge is 0.233 e. The highest BCUT2D eigenvalue weighted by Gasteiger charge is 2.19. The average molecular weight is 257 g/mol. The second kappa shape index (κ2) is 8.91. The van der Waals surface area contributed by atoms with Gasteiger partial charge in [-0.2, -0.15) is 0 Å². The molecule has 0 aromatic carbocycles. The van der Waals surface area contributed by atoms with Gasteiger partial charge in [-0.25, -0.2) is 0 Å². The molecule has 0 saturated heterocycles. The topological polar surface area (TPSA) is 84.2 Å². The highest BCUT2D eigenvalue weighted by Crippen LogP contribution is 2.20. The summed E-state index contributed by atoms with van der Waals surface area (Å²) < 4.78 is 0. The summed E-state index contributed by atoms with van der Waals surface area (Å²) in [6.07, 6.45) is 3.34. The Morgan fingerprint density at radius 2 is 1.83 bits per heavy atom. The van der Waals surface area contributed by atoms with Crippen molar-refractivity contribution >= 4 is 11.8 Å². The number of hydrogen-bond donors (Lipinski definition) is 3. The predicted octanol–water partition coefficient (Wildman–Crippen LogP) is 0.784. The lowest BCUT2D eigenvalue weighted by Crippen LogP contribution is -2.38. The molecule has 0 aromatic heterocycles. The van der Waals surface area contributed by atoms with Crippen molar-refractivity contribution in [2.24, 2.45) is 11.1 Å². The predicted molar refractivity (Wildman–Crippen MR) is 73.0 cm³/mol. The van der Waals surface area contributed by atoms with Crippen molar-refractivity contribution < 1.29 is 9.59 Å². The highest BCUT2D eigenvalue weighted by molar-refractivity contribution is 5.77. The van der Waals surface area contributed by atoms with Gasteiger partial charge in [0.1, 0.15) is 0 Å². The minimum absolute atomic E-state index is 0.00752. The van der Waals surface area contributed by atoms with Crippen LogP contribution in [0, 0.1) is 5.41 Å². The molecule has 0 atom stereocenters. The zero-order chi connectivity index (χ0) is 14.0. The number of carbonyl (C=O) groups is 2. The normalized spacial score (nSPS) is 11.1. The lowest BCUT2D eigenvalue weighted by atomic mass is 9.87. The van der Waals surface area contributed by atoms with E-state index in [2.05, 4.69) is 17.6 Å². The van der Waals surface area contributed by atoms with E-state index < -0.39 is 0 Å². The van der Waals surface area contributed by atoms with Gasteiger partial charge in [-0.05, 0) is 18.3 Å². The molecule has 0 aliphatic carbocycles. The molecule has 0 rings (SSSR count). The first-order chi connectivity index (χ1) is 8.41. The third-order valence-electron chi connectivity index (χ3n) is 2.83. The van der Waals surface area contributed by atoms with E-state index in [0.717, 1.165) is 25.8 Å². The minimum Gasteiger partial charge on any atom is -0.356 e. The Morgan fingerprint density at radius 3 is 2.39 bits per heavy atom. The number of amides is 2. The Kier molecular flexibility index (Phi) is 8.37. The van der Waals surface area contributed by atoms with Gasteiger partial charge < -0.3 is 16.4 Å². The van der Waals surface area contributed by atoms with Crippen molar-refractivity contribution in [1.82, 2.24) is 10.6 Å². The van der Waals surface area contributed by atoms with Crippen LogP contribution in [0.15, 0.2) is 0 Å². The van der Waals surface area contributed by atoms with E-state index in [-0.39, 0.29) is 23.8 Å². The van der Waals surface area contributed by atoms with Crippen LogP contribution in [0.2, 0.25) is 0 Å². The maximum Gasteiger partial charge on any atom is 0.233 e. The Bertz CT molecular complexity index is 265. The van der Waals surface area contributed by atoms with Crippen LogP contribution in [0.3, 0.4) is 0 Å². The lowest BCUT2D eigenvalue weighted by molar-refractivity contribution is -0.121. The van der Waals surface area contributed by atoms with E-state index in [9.17, 15) is 9.59 Å². The Labute approximate surface area is 110 Å². The molecule has 2 amide bonds. The average Bonchev–Trinajstić information content (AvgIpc) is 2.34. The van der Waals surface area contributed by atoms with Gasteiger partial charge in [-0.15, -0.1) is 0 Å². The number of nitrogens with one attached hydrogen (secondary N) is 2. The van der Waals surface area contributed by atoms with E-state index in [4.69, 9.17) is 5.73 Å². The summed E-state index contributed by atoms with van der Waals surface area (Å²) in [5.74, 6) is -0.0721. The largest absolute Gasteiger partial charge is 0.356 e. The van der Waals surface area contributed by atoms with Crippen molar-refractivity contribution in [3.63, 3.8) is 0 Å². The standard InChI is InChI=1S/C13H27N3O2/c1-4-5-8-15-11(17)6-7-13(2,3)10-16-12(18)9-14/h4-10,14H2,1-3H3,(H,15,17)(H,16,18). The first-order valence-corrected chi connectivity index (χ1v) is 6.64. The molecule has 0 saturated carbocycles. The Morgan fingerprint density at radius 1 is 1.17 bits per heavy atom. The molecule has 4 N–H and O–H groups in total. The van der Waals surface area contributed by atoms with E-state index in [1.807, 2.05) is 13.8 Å². The van der Waals surface area contributed by atoms with Crippen LogP contribution in [-0.4, -0.2) is 31.4 Å². The molecule has 0 heterocycles. The van der Waals surface area contributed by atoms with Crippen LogP contribution < -0.4 is 16.4 Å². The summed E-state index contributed by atoms with van der Waals surface area (Å²) in [6, 6.07) is 0. The number of unbranched alkanes of at least 4 members (excludes halogenated alkanes) is 1. The third kappa shape index (κ3) is 8.98. The van der Waals surface area contributed by atoms with Crippen molar-refractivity contribution in [2.45, 2.75) is 46.5 Å². The number of hydrogen-bond acceptors (Lipinski definition) is 3. The third-order valence-corrected chi connectivity index (χ3v) is 2.83. The van der Waals surface area contributed by atoms with Crippen LogP contribution in [0.1, 0.15) is 46.5 Å². The van der Waals surface area contributed by atoms with Gasteiger partial charge in [-0.3, -0.25) is 9.59 Å². The second-order valence-corrected chi connectivity index (χ2v) is 5.35. The van der Waals surface area contributed by atoms with Gasteiger partial charge in [0.05, 0.1) is 6.54 Å². The summed E-state index contributed by atoms with van der Waals surface area (Å²) >= 11 is 0. The fourth-order valence-electron chi connectivity index (χ4n) is 1.44. The maximum absolute atomic E-state index is 11.5. The number of carbonyl (C=O) groups excluding carboxylic acids is 2. The monoisotopic (exact) mass is 257 g/mol. The van der Waals surface area contributed by atoms with Gasteiger partial charge in [0.25, 0.3) is 0 Å². The Hall–Kier alpha value is -1.10. The first kappa shape index (κ1) is 16.9. The Balaban J connectivity index is 3.80. The SMILES string of the molecule is CCCCNC(=O)CCC(C)(C)CNC(=O)CN. The van der Waals surface area contributed by atoms with Gasteiger partial charge >= 0.3 is 0 Å². The van der Waals surface area contributed by atoms with E-state index in [0.29, 0.717) is 13.0 Å². The molecule has 0 unspecified atom stereocenters. The molecule has 5 heteroatoms. The second-order valence-electron chi connectivity index (χ2n) is 5.35. The summed E-state index contributed by atoms with van der Waals surface area (Å²) in [5.41, 5.74) is 5.13. The van der Waals surface area contributed by atoms with E-state index >= 15 is 0 Å². The summed E-state index contributed by atoms with van der Waals surface area (Å²) in [5, 5.41) is 5.64. The van der Waals surface area contributed by atoms with Crippen molar-refractivity contribution in [1.29, 1.82) is 0 Å². The molecule has 18 heavy (non-hydrogen) atoms. The van der Waals surface area contributed by atoms with E-state index in [1.165, 1.54) is 0 Å². The molecule has 106 valence electrons. The van der Waals surface area contributed by atoms with Gasteiger partial charge in [0.2, 0.25) is 11.8 Å². The molecular formula is C13H27N3O2. The van der Waals surface area contributed by atoms with Gasteiger partial charge in [0, 0.05) is 19.5 Å². The molecular weight excluding hydrogens is 230 g/mol. The maximum atomic E-state index is 11.5. The van der Waals surface area contributed by atoms with E-state index in [1.54, 1.807) is 0 Å². The highest BCUT2D eigenvalue weighted by atomic mass is 16.2. The number of nitrogens with two attached hydrogens (primary N) is 1.